The van der Waals surface area contributed by atoms with Crippen LogP contribution in [0.25, 0.3) is 0 Å². The second-order valence-electron chi connectivity index (χ2n) is 26.1. The lowest BCUT2D eigenvalue weighted by molar-refractivity contribution is -0.140. The molecule has 38 heteroatoms. The van der Waals surface area contributed by atoms with Crippen molar-refractivity contribution in [3.05, 3.63) is 65.7 Å². The molecule has 5 rings (SSSR count). The Labute approximate surface area is 619 Å². The number of thioether (sulfide) groups is 1. The summed E-state index contributed by atoms with van der Waals surface area (Å²) in [6, 6.07) is 5.23. The number of nitrogens with zero attached hydrogens (tertiary/aromatic N) is 2. The van der Waals surface area contributed by atoms with E-state index < -0.39 is 131 Å². The Hall–Kier alpha value is -9.60. The standard InChI is InChI=1S/C68H107N21O16S/c1-2-80-68(40-75-30-28-73-37-44(69)38-74-29-31-76-41-68)88-56(94)19-11-18-55(93)81-48(34-43-20-22-45(90)23-21-43)60(99)78-26-9-4-7-17-54(92)82-51(59(70)98)39-106-52-36-57(95)89(65(52)104)32-24-53(91)77-25-10-8-15-46-61(100)83-47(16-12-27-79-66(71)72)62(101)87-67(105)86-50(35-58(96)97)64(103)85-49(63(102)84-46)33-42-13-5-3-6-14-42/h3,5-6,13-14,20-23,44,46-52,73-76,80,90H,2,4,7-12,15-19,24-41,69H2,1H3,(H2,70,98)(H,77,91)(H,78,99)(H,81,93)(H,82,92)(H,83,100)(H,84,102)(H,85,103)(H,88,94)(H,96,97)(H4,71,72,79)(H2,86,87,101,105)/t44?,46?,47-,48-,49+,50+,51-,52?,68?/m0/s1. The number of aliphatic carboxylic acids is 1. The van der Waals surface area contributed by atoms with E-state index in [1.807, 2.05) is 12.2 Å². The van der Waals surface area contributed by atoms with E-state index in [1.165, 1.54) is 12.1 Å². The van der Waals surface area contributed by atoms with Crippen molar-refractivity contribution in [3.8, 4) is 5.75 Å². The lowest BCUT2D eigenvalue weighted by Crippen LogP contribution is -2.69. The third kappa shape index (κ3) is 33.2. The minimum absolute atomic E-state index is 0.0164. The summed E-state index contributed by atoms with van der Waals surface area (Å²) in [5, 5.41) is 61.4. The second kappa shape index (κ2) is 47.1. The number of guanidine groups is 1. The van der Waals surface area contributed by atoms with Crippen LogP contribution in [-0.2, 0) is 75.2 Å². The van der Waals surface area contributed by atoms with Crippen LogP contribution < -0.4 is 103 Å². The molecule has 586 valence electrons. The number of nitrogens with two attached hydrogens (primary N) is 4. The SMILES string of the molecule is CCNC1(NC(=O)CCCC(=O)N[C@@H](Cc2ccc(O)cc2)C(=O)NCCCCCC(=O)N[C@@H](CSC2CC(=O)N(CCC(=O)NCCCCC3NC(=O)[C@@H](Cc4ccccc4)NC(=O)[C@@H](CC(=O)O)NC(=O)NC(=O)[C@H](CCCN=C(N)N)NC3=O)C2=O)C(N)=O)CNCCNCC(N)CNCCNC1. The summed E-state index contributed by atoms with van der Waals surface area (Å²) in [5.74, 6) is -9.92. The number of rotatable bonds is 38. The third-order valence-electron chi connectivity index (χ3n) is 17.2. The number of nitrogens with one attached hydrogen (secondary N) is 15. The molecule has 0 radical (unpaired) electrons. The topological polar surface area (TPSA) is 580 Å². The molecule has 7 atom stereocenters. The van der Waals surface area contributed by atoms with Crippen molar-refractivity contribution in [3.63, 3.8) is 0 Å². The Balaban J connectivity index is 1.05. The molecule has 2 aromatic rings. The maximum Gasteiger partial charge on any atom is 0.322 e. The number of carboxylic acids is 1. The Kier molecular flexibility index (Phi) is 38.6. The zero-order chi connectivity index (χ0) is 77.4. The van der Waals surface area contributed by atoms with Gasteiger partial charge in [0.15, 0.2) is 5.96 Å². The molecule has 106 heavy (non-hydrogen) atoms. The molecule has 3 heterocycles. The van der Waals surface area contributed by atoms with Crippen molar-refractivity contribution in [1.29, 1.82) is 0 Å². The van der Waals surface area contributed by atoms with Crippen LogP contribution in [0.4, 0.5) is 4.79 Å². The van der Waals surface area contributed by atoms with E-state index in [2.05, 4.69) is 79.4 Å². The zero-order valence-electron chi connectivity index (χ0n) is 60.0. The Bertz CT molecular complexity index is 3280. The number of hydrogen-bond acceptors (Lipinski definition) is 23. The Morgan fingerprint density at radius 2 is 1.22 bits per heavy atom. The fourth-order valence-corrected chi connectivity index (χ4v) is 12.9. The Morgan fingerprint density at radius 3 is 1.87 bits per heavy atom. The summed E-state index contributed by atoms with van der Waals surface area (Å²) >= 11 is 0.945. The molecule has 0 aromatic heterocycles. The molecule has 2 unspecified atom stereocenters. The molecule has 0 spiro atoms. The number of urea groups is 1. The molecule has 14 amide bonds. The van der Waals surface area contributed by atoms with Crippen molar-refractivity contribution in [2.24, 2.45) is 27.9 Å². The first-order valence-electron chi connectivity index (χ1n) is 35.9. The number of carbonyl (C=O) groups excluding carboxylic acids is 13. The van der Waals surface area contributed by atoms with Crippen LogP contribution in [0.5, 0.6) is 5.75 Å². The van der Waals surface area contributed by atoms with Gasteiger partial charge >= 0.3 is 12.0 Å². The molecule has 3 fully saturated rings. The first-order chi connectivity index (χ1) is 50.7. The number of aromatic hydroxyl groups is 1. The van der Waals surface area contributed by atoms with E-state index in [9.17, 15) is 77.3 Å². The highest BCUT2D eigenvalue weighted by molar-refractivity contribution is 8.00. The van der Waals surface area contributed by atoms with Gasteiger partial charge in [-0.2, -0.15) is 0 Å². The first-order valence-corrected chi connectivity index (χ1v) is 36.9. The number of hydrogen-bond donors (Lipinski definition) is 21. The first kappa shape index (κ1) is 87.0. The summed E-state index contributed by atoms with van der Waals surface area (Å²) in [4.78, 5) is 190. The van der Waals surface area contributed by atoms with Crippen LogP contribution in [0, 0.1) is 0 Å². The minimum atomic E-state index is -1.75. The predicted octanol–water partition coefficient (Wildman–Crippen LogP) is -5.67. The fourth-order valence-electron chi connectivity index (χ4n) is 11.7. The van der Waals surface area contributed by atoms with Crippen molar-refractivity contribution < 1.29 is 77.3 Å². The number of primary amides is 1. The number of benzene rings is 2. The van der Waals surface area contributed by atoms with Crippen molar-refractivity contribution in [2.75, 3.05) is 90.8 Å². The highest BCUT2D eigenvalue weighted by Crippen LogP contribution is 2.26. The van der Waals surface area contributed by atoms with Crippen molar-refractivity contribution >= 4 is 101 Å². The van der Waals surface area contributed by atoms with Gasteiger partial charge in [-0.3, -0.25) is 82.9 Å². The van der Waals surface area contributed by atoms with Crippen LogP contribution in [0.3, 0.4) is 0 Å². The van der Waals surface area contributed by atoms with E-state index in [0.717, 1.165) is 16.7 Å². The number of imide groups is 2. The maximum atomic E-state index is 14.1. The van der Waals surface area contributed by atoms with Gasteiger partial charge in [-0.1, -0.05) is 55.8 Å². The smallest absolute Gasteiger partial charge is 0.322 e. The number of carboxylic acid groups (broad SMARTS) is 1. The summed E-state index contributed by atoms with van der Waals surface area (Å²) in [6.07, 6.45) is 0.283. The van der Waals surface area contributed by atoms with Crippen LogP contribution in [0.15, 0.2) is 59.6 Å². The lowest BCUT2D eigenvalue weighted by Gasteiger charge is -2.36. The number of likely N-dealkylation sites (N-methyl/N-ethyl adjacent to an activating group) is 1. The molecular weight excluding hydrogens is 1400 g/mol. The van der Waals surface area contributed by atoms with Crippen molar-refractivity contribution in [1.82, 2.24) is 84.7 Å². The van der Waals surface area contributed by atoms with Gasteiger partial charge in [0.1, 0.15) is 47.7 Å². The van der Waals surface area contributed by atoms with Gasteiger partial charge < -0.3 is 102 Å². The number of unbranched alkanes of at least 4 members (excludes halogenated alkanes) is 3. The fraction of sp³-hybridized carbons (Fsp3) is 0.603. The van der Waals surface area contributed by atoms with E-state index in [0.29, 0.717) is 89.3 Å². The van der Waals surface area contributed by atoms with Gasteiger partial charge in [0.05, 0.1) is 11.7 Å². The summed E-state index contributed by atoms with van der Waals surface area (Å²) in [5.41, 5.74) is 23.1. The van der Waals surface area contributed by atoms with E-state index in [4.69, 9.17) is 22.9 Å². The molecule has 3 aliphatic heterocycles. The van der Waals surface area contributed by atoms with E-state index in [-0.39, 0.29) is 139 Å². The van der Waals surface area contributed by atoms with Gasteiger partial charge in [-0.15, -0.1) is 11.8 Å². The van der Waals surface area contributed by atoms with Crippen LogP contribution in [0.1, 0.15) is 114 Å². The van der Waals surface area contributed by atoms with E-state index >= 15 is 0 Å². The summed E-state index contributed by atoms with van der Waals surface area (Å²) in [7, 11) is 0. The van der Waals surface area contributed by atoms with E-state index in [1.54, 1.807) is 42.5 Å². The van der Waals surface area contributed by atoms with Gasteiger partial charge in [0, 0.05) is 135 Å². The van der Waals surface area contributed by atoms with Gasteiger partial charge in [0.25, 0.3) is 5.91 Å². The molecule has 0 aliphatic carbocycles. The average Bonchev–Trinajstić information content (AvgIpc) is 1.59. The van der Waals surface area contributed by atoms with Gasteiger partial charge in [0.2, 0.25) is 65.0 Å². The number of carbonyl (C=O) groups is 14. The van der Waals surface area contributed by atoms with Crippen LogP contribution in [-0.4, -0.2) is 248 Å². The quantitative estimate of drug-likeness (QED) is 0.00980. The van der Waals surface area contributed by atoms with Gasteiger partial charge in [-0.05, 0) is 81.2 Å². The molecule has 37 nitrogen and oxygen atoms in total. The maximum absolute atomic E-state index is 14.1. The summed E-state index contributed by atoms with van der Waals surface area (Å²) in [6.45, 7) is 7.34. The molecule has 3 aliphatic rings. The zero-order valence-corrected chi connectivity index (χ0v) is 60.8. The molecule has 2 aromatic carbocycles. The number of likely N-dealkylation sites (tertiary alicyclic amines) is 1. The van der Waals surface area contributed by atoms with Crippen LogP contribution in [0.2, 0.25) is 0 Å². The largest absolute Gasteiger partial charge is 0.508 e. The Morgan fingerprint density at radius 1 is 0.632 bits per heavy atom. The molecule has 25 N–H and O–H groups in total. The number of amides is 14. The molecule has 0 bridgehead atoms. The number of phenolic OH excluding ortho intramolecular Hbond substituents is 1. The van der Waals surface area contributed by atoms with Crippen LogP contribution >= 0.6 is 11.8 Å². The predicted molar refractivity (Wildman–Crippen MR) is 392 cm³/mol. The highest BCUT2D eigenvalue weighted by atomic mass is 32.2. The number of phenols is 1. The lowest BCUT2D eigenvalue weighted by atomic mass is 10.0. The molecular formula is C68H107N21O16S. The second-order valence-corrected chi connectivity index (χ2v) is 27.3. The monoisotopic (exact) mass is 1510 g/mol. The third-order valence-corrected chi connectivity index (χ3v) is 18.5. The highest BCUT2D eigenvalue weighted by Gasteiger charge is 2.40. The molecule has 3 saturated heterocycles. The van der Waals surface area contributed by atoms with Crippen molar-refractivity contribution in [2.45, 2.75) is 169 Å². The minimum Gasteiger partial charge on any atom is -0.508 e. The average molecular weight is 1510 g/mol. The van der Waals surface area contributed by atoms with Gasteiger partial charge in [-0.25, -0.2) is 4.79 Å². The normalized spacial score (nSPS) is 21.5. The number of aliphatic imine (C=N–C) groups is 1. The molecule has 0 saturated carbocycles. The summed E-state index contributed by atoms with van der Waals surface area (Å²) < 4.78 is 0.